The van der Waals surface area contributed by atoms with E-state index in [4.69, 9.17) is 16.3 Å². The van der Waals surface area contributed by atoms with Crippen LogP contribution in [0, 0.1) is 16.0 Å². The number of nitrogens with zero attached hydrogens (tertiary/aromatic N) is 2. The van der Waals surface area contributed by atoms with E-state index in [1.165, 1.54) is 0 Å². The van der Waals surface area contributed by atoms with Crippen molar-refractivity contribution in [3.05, 3.63) is 70.2 Å². The molecule has 0 radical (unpaired) electrons. The molecule has 3 rings (SSSR count). The number of rotatable bonds is 12. The lowest BCUT2D eigenvalue weighted by Gasteiger charge is -2.30. The molecule has 0 aliphatic carbocycles. The van der Waals surface area contributed by atoms with Crippen LogP contribution in [0.2, 0.25) is 0 Å². The van der Waals surface area contributed by atoms with Gasteiger partial charge in [0.25, 0.3) is 5.69 Å². The Labute approximate surface area is 223 Å². The Morgan fingerprint density at radius 3 is 2.51 bits per heavy atom. The van der Waals surface area contributed by atoms with Crippen LogP contribution >= 0.6 is 0 Å². The van der Waals surface area contributed by atoms with Gasteiger partial charge in [0.1, 0.15) is 6.10 Å². The van der Waals surface area contributed by atoms with E-state index >= 15 is 0 Å². The van der Waals surface area contributed by atoms with Crippen LogP contribution in [0.25, 0.3) is 0 Å². The maximum atomic E-state index is 13.5. The molecule has 2 N–H and O–H groups in total. The molecule has 1 amide bonds. The Kier molecular flexibility index (Phi) is 7.69. The van der Waals surface area contributed by atoms with Crippen molar-refractivity contribution < 1.29 is 39.6 Å². The number of nitro groups is 1. The molecule has 0 spiro atoms. The highest BCUT2D eigenvalue weighted by Crippen LogP contribution is 2.22. The van der Waals surface area contributed by atoms with E-state index < -0.39 is 82.5 Å². The first-order valence-electron chi connectivity index (χ1n) is 14.2. The Morgan fingerprint density at radius 1 is 1.27 bits per heavy atom. The van der Waals surface area contributed by atoms with Crippen LogP contribution in [0.3, 0.4) is 0 Å². The highest BCUT2D eigenvalue weighted by atomic mass is 32.2. The fourth-order valence-corrected chi connectivity index (χ4v) is 5.35. The van der Waals surface area contributed by atoms with Gasteiger partial charge in [-0.2, -0.15) is 4.31 Å². The van der Waals surface area contributed by atoms with E-state index in [1.54, 1.807) is 13.8 Å². The summed E-state index contributed by atoms with van der Waals surface area (Å²) in [5.74, 6) is -0.218. The van der Waals surface area contributed by atoms with Gasteiger partial charge in [0.05, 0.1) is 42.0 Å². The van der Waals surface area contributed by atoms with Crippen LogP contribution in [0.1, 0.15) is 32.7 Å². The molecule has 1 aliphatic heterocycles. The van der Waals surface area contributed by atoms with E-state index in [-0.39, 0.29) is 35.2 Å². The lowest BCUT2D eigenvalue weighted by molar-refractivity contribution is -0.384. The van der Waals surface area contributed by atoms with Crippen LogP contribution in [0.5, 0.6) is 0 Å². The number of aliphatic hydroxyl groups excluding tert-OH is 1. The molecule has 0 unspecified atom stereocenters. The second-order valence-corrected chi connectivity index (χ2v) is 10.9. The summed E-state index contributed by atoms with van der Waals surface area (Å²) >= 11 is 0. The Hall–Kier alpha value is -3.06. The average Bonchev–Trinajstić information content (AvgIpc) is 3.44. The van der Waals surface area contributed by atoms with Crippen molar-refractivity contribution in [2.24, 2.45) is 5.92 Å². The van der Waals surface area contributed by atoms with Crippen molar-refractivity contribution in [2.75, 3.05) is 26.3 Å². The number of non-ortho nitro benzene ring substituents is 1. The topological polar surface area (TPSA) is 148 Å². The fourth-order valence-electron chi connectivity index (χ4n) is 3.73. The van der Waals surface area contributed by atoms with Crippen LogP contribution in [-0.4, -0.2) is 73.4 Å². The Morgan fingerprint density at radius 2 is 1.95 bits per heavy atom. The van der Waals surface area contributed by atoms with Gasteiger partial charge in [0.2, 0.25) is 10.0 Å². The zero-order valence-electron chi connectivity index (χ0n) is 25.5. The van der Waals surface area contributed by atoms with Gasteiger partial charge in [-0.15, -0.1) is 0 Å². The zero-order chi connectivity index (χ0) is 31.4. The summed E-state index contributed by atoms with van der Waals surface area (Å²) in [4.78, 5) is 22.8. The lowest BCUT2D eigenvalue weighted by atomic mass is 10.0. The van der Waals surface area contributed by atoms with E-state index in [0.29, 0.717) is 13.0 Å². The second kappa shape index (κ2) is 13.0. The first kappa shape index (κ1) is 22.0. The van der Waals surface area contributed by atoms with Gasteiger partial charge in [-0.25, -0.2) is 13.2 Å². The number of ether oxygens (including phenoxy) is 2. The summed E-state index contributed by atoms with van der Waals surface area (Å²) in [6.07, 6.45) is -3.15. The standard InChI is InChI=1S/C25H33N3O8S/c1-18(2)15-27(37(33,34)22-10-8-20(9-11-22)28(31)32)16-24(29)23(14-19-6-4-3-5-7-19)26-25(30)36-21-12-13-35-17-21/h3-11,18,21,23-24,29H,12-17H2,1-2H3,(H,26,30)/t21-,23-,24+/m0/s1/i3D,4D,5D,6D,7D. The predicted octanol–water partition coefficient (Wildman–Crippen LogP) is 2.73. The number of carbonyl (C=O) groups is 1. The number of hydrogen-bond acceptors (Lipinski definition) is 8. The molecule has 2 aromatic carbocycles. The van der Waals surface area contributed by atoms with E-state index in [9.17, 15) is 28.4 Å². The molecule has 1 fully saturated rings. The highest BCUT2D eigenvalue weighted by Gasteiger charge is 2.32. The number of sulfonamides is 1. The number of amides is 1. The second-order valence-electron chi connectivity index (χ2n) is 8.98. The molecule has 1 saturated heterocycles. The molecule has 2 aromatic rings. The largest absolute Gasteiger partial charge is 0.444 e. The van der Waals surface area contributed by atoms with Gasteiger partial charge in [0.15, 0.2) is 0 Å². The van der Waals surface area contributed by atoms with Crippen LogP contribution in [0.15, 0.2) is 59.4 Å². The third kappa shape index (κ3) is 8.22. The SMILES string of the molecule is [2H]c1c([2H])c([2H])c(C[C@H](NC(=O)O[C@H]2CCOC2)[C@H](O)CN(CC(C)C)S(=O)(=O)c2ccc([N+](=O)[O-])cc2)c([2H])c1[2H]. The van der Waals surface area contributed by atoms with Gasteiger partial charge < -0.3 is 19.9 Å². The summed E-state index contributed by atoms with van der Waals surface area (Å²) in [5.41, 5.74) is -0.498. The number of aliphatic hydroxyl groups is 1. The number of nitrogens with one attached hydrogen (secondary N) is 1. The molecule has 0 saturated carbocycles. The van der Waals surface area contributed by atoms with E-state index in [2.05, 4.69) is 5.32 Å². The van der Waals surface area contributed by atoms with E-state index in [0.717, 1.165) is 28.6 Å². The first-order chi connectivity index (χ1) is 19.6. The van der Waals surface area contributed by atoms with Gasteiger partial charge >= 0.3 is 6.09 Å². The minimum atomic E-state index is -4.29. The lowest BCUT2D eigenvalue weighted by Crippen LogP contribution is -2.51. The molecular weight excluding hydrogens is 502 g/mol. The maximum Gasteiger partial charge on any atom is 0.407 e. The summed E-state index contributed by atoms with van der Waals surface area (Å²) in [5, 5.41) is 24.8. The molecular formula is C25H33N3O8S. The van der Waals surface area contributed by atoms with Crippen LogP contribution in [-0.2, 0) is 25.9 Å². The third-order valence-corrected chi connectivity index (χ3v) is 7.40. The summed E-state index contributed by atoms with van der Waals surface area (Å²) in [6.45, 7) is 3.41. The van der Waals surface area contributed by atoms with E-state index in [1.807, 2.05) is 0 Å². The molecule has 0 bridgehead atoms. The van der Waals surface area contributed by atoms with Crippen molar-refractivity contribution in [3.8, 4) is 0 Å². The third-order valence-electron chi connectivity index (χ3n) is 5.55. The predicted molar refractivity (Wildman–Crippen MR) is 135 cm³/mol. The van der Waals surface area contributed by atoms with Gasteiger partial charge in [0, 0.05) is 31.6 Å². The summed E-state index contributed by atoms with van der Waals surface area (Å²) in [7, 11) is -4.29. The Bertz CT molecular complexity index is 1380. The Balaban J connectivity index is 1.95. The van der Waals surface area contributed by atoms with Crippen molar-refractivity contribution in [2.45, 2.75) is 49.8 Å². The molecule has 1 heterocycles. The summed E-state index contributed by atoms with van der Waals surface area (Å²) in [6, 6.07) is 0.0177. The van der Waals surface area contributed by atoms with Gasteiger partial charge in [-0.3, -0.25) is 10.1 Å². The normalized spacial score (nSPS) is 19.4. The zero-order valence-corrected chi connectivity index (χ0v) is 21.3. The summed E-state index contributed by atoms with van der Waals surface area (Å²) < 4.78 is 78.8. The van der Waals surface area contributed by atoms with Crippen molar-refractivity contribution in [1.82, 2.24) is 9.62 Å². The molecule has 202 valence electrons. The maximum absolute atomic E-state index is 13.5. The molecule has 12 heteroatoms. The monoisotopic (exact) mass is 540 g/mol. The minimum Gasteiger partial charge on any atom is -0.444 e. The van der Waals surface area contributed by atoms with Crippen molar-refractivity contribution in [3.63, 3.8) is 0 Å². The first-order valence-corrected chi connectivity index (χ1v) is 13.1. The number of nitro benzene ring substituents is 1. The average molecular weight is 541 g/mol. The minimum absolute atomic E-state index is 0.0678. The fraction of sp³-hybridized carbons (Fsp3) is 0.480. The van der Waals surface area contributed by atoms with Crippen molar-refractivity contribution in [1.29, 1.82) is 0 Å². The number of carbonyl (C=O) groups excluding carboxylic acids is 1. The number of benzene rings is 2. The smallest absolute Gasteiger partial charge is 0.407 e. The molecule has 3 atom stereocenters. The van der Waals surface area contributed by atoms with Crippen molar-refractivity contribution >= 4 is 21.8 Å². The van der Waals surface area contributed by atoms with Gasteiger partial charge in [-0.1, -0.05) is 44.1 Å². The quantitative estimate of drug-likeness (QED) is 0.308. The molecule has 11 nitrogen and oxygen atoms in total. The van der Waals surface area contributed by atoms with Crippen LogP contribution in [0.4, 0.5) is 10.5 Å². The van der Waals surface area contributed by atoms with Crippen LogP contribution < -0.4 is 5.32 Å². The van der Waals surface area contributed by atoms with Gasteiger partial charge in [-0.05, 0) is 30.0 Å². The number of alkyl carbamates (subject to hydrolysis) is 1. The molecule has 1 aliphatic rings. The number of hydrogen-bond donors (Lipinski definition) is 2. The molecule has 37 heavy (non-hydrogen) atoms. The molecule has 0 aromatic heterocycles. The highest BCUT2D eigenvalue weighted by molar-refractivity contribution is 7.89.